The van der Waals surface area contributed by atoms with Crippen LogP contribution >= 0.6 is 11.6 Å². The van der Waals surface area contributed by atoms with Crippen LogP contribution in [0.2, 0.25) is 5.02 Å². The van der Waals surface area contributed by atoms with E-state index in [9.17, 15) is 4.79 Å². The molecule has 4 nitrogen and oxygen atoms in total. The van der Waals surface area contributed by atoms with Crippen LogP contribution in [0.15, 0.2) is 30.5 Å². The van der Waals surface area contributed by atoms with Crippen molar-refractivity contribution in [2.24, 2.45) is 0 Å². The summed E-state index contributed by atoms with van der Waals surface area (Å²) in [7, 11) is 0. The number of halogens is 1. The maximum atomic E-state index is 11.4. The van der Waals surface area contributed by atoms with E-state index < -0.39 is 0 Å². The van der Waals surface area contributed by atoms with Crippen LogP contribution in [-0.2, 0) is 4.79 Å². The number of nitrogens with zero attached hydrogens (tertiary/aromatic N) is 2. The quantitative estimate of drug-likeness (QED) is 0.820. The summed E-state index contributed by atoms with van der Waals surface area (Å²) in [5.74, 6) is 0.144. The molecule has 0 spiro atoms. The summed E-state index contributed by atoms with van der Waals surface area (Å²) in [4.78, 5) is 17.6. The fourth-order valence-electron chi connectivity index (χ4n) is 2.71. The molecule has 1 amide bonds. The molecular formula is C18H24ClN3O. The van der Waals surface area contributed by atoms with Crippen molar-refractivity contribution in [1.29, 1.82) is 0 Å². The molecule has 1 atom stereocenters. The van der Waals surface area contributed by atoms with Gasteiger partial charge in [0.05, 0.1) is 5.52 Å². The van der Waals surface area contributed by atoms with Gasteiger partial charge in [0.15, 0.2) is 0 Å². The van der Waals surface area contributed by atoms with Crippen molar-refractivity contribution in [3.8, 4) is 0 Å². The Morgan fingerprint density at radius 2 is 2.17 bits per heavy atom. The number of aromatic nitrogens is 1. The Morgan fingerprint density at radius 1 is 1.39 bits per heavy atom. The number of rotatable bonds is 7. The zero-order valence-corrected chi connectivity index (χ0v) is 14.7. The highest BCUT2D eigenvalue weighted by Crippen LogP contribution is 2.25. The van der Waals surface area contributed by atoms with Gasteiger partial charge in [0.1, 0.15) is 0 Å². The second-order valence-corrected chi connectivity index (χ2v) is 6.24. The zero-order valence-electron chi connectivity index (χ0n) is 14.0. The summed E-state index contributed by atoms with van der Waals surface area (Å²) >= 11 is 6.02. The first-order chi connectivity index (χ1) is 11.0. The first-order valence-electron chi connectivity index (χ1n) is 8.07. The number of benzene rings is 1. The third-order valence-corrected chi connectivity index (χ3v) is 4.23. The maximum absolute atomic E-state index is 11.4. The highest BCUT2D eigenvalue weighted by molar-refractivity contribution is 6.31. The van der Waals surface area contributed by atoms with Gasteiger partial charge in [-0.05, 0) is 51.0 Å². The summed E-state index contributed by atoms with van der Waals surface area (Å²) in [5.41, 5.74) is 1.96. The smallest absolute Gasteiger partial charge is 0.219 e. The van der Waals surface area contributed by atoms with E-state index in [4.69, 9.17) is 11.6 Å². The molecule has 1 heterocycles. The van der Waals surface area contributed by atoms with Gasteiger partial charge in [0.2, 0.25) is 5.91 Å². The number of hydrogen-bond acceptors (Lipinski definition) is 3. The lowest BCUT2D eigenvalue weighted by molar-refractivity contribution is -0.128. The van der Waals surface area contributed by atoms with E-state index in [2.05, 4.69) is 17.2 Å². The molecular weight excluding hydrogens is 310 g/mol. The van der Waals surface area contributed by atoms with E-state index in [0.29, 0.717) is 11.1 Å². The van der Waals surface area contributed by atoms with E-state index in [1.807, 2.05) is 36.1 Å². The molecule has 0 saturated heterocycles. The predicted octanol–water partition coefficient (Wildman–Crippen LogP) is 4.34. The maximum Gasteiger partial charge on any atom is 0.219 e. The Labute approximate surface area is 142 Å². The van der Waals surface area contributed by atoms with Crippen molar-refractivity contribution in [2.75, 3.05) is 18.4 Å². The molecule has 0 saturated carbocycles. The topological polar surface area (TPSA) is 45.2 Å². The normalized spacial score (nSPS) is 12.2. The minimum Gasteiger partial charge on any atom is -0.382 e. The van der Waals surface area contributed by atoms with Gasteiger partial charge < -0.3 is 10.2 Å². The minimum absolute atomic E-state index is 0.144. The zero-order chi connectivity index (χ0) is 16.8. The van der Waals surface area contributed by atoms with Crippen molar-refractivity contribution in [2.45, 2.75) is 39.7 Å². The van der Waals surface area contributed by atoms with Crippen molar-refractivity contribution < 1.29 is 4.79 Å². The van der Waals surface area contributed by atoms with Crippen molar-refractivity contribution >= 4 is 34.1 Å². The first-order valence-corrected chi connectivity index (χ1v) is 8.45. The van der Waals surface area contributed by atoms with E-state index in [-0.39, 0.29) is 5.91 Å². The van der Waals surface area contributed by atoms with Crippen molar-refractivity contribution in [1.82, 2.24) is 9.88 Å². The number of carbonyl (C=O) groups is 1. The number of fused-ring (bicyclic) bond motifs is 1. The van der Waals surface area contributed by atoms with Crippen LogP contribution in [0.4, 0.5) is 5.69 Å². The van der Waals surface area contributed by atoms with E-state index in [1.165, 1.54) is 0 Å². The van der Waals surface area contributed by atoms with Crippen LogP contribution in [0.25, 0.3) is 10.9 Å². The van der Waals surface area contributed by atoms with E-state index in [0.717, 1.165) is 42.5 Å². The van der Waals surface area contributed by atoms with Crippen LogP contribution in [0.3, 0.4) is 0 Å². The highest BCUT2D eigenvalue weighted by Gasteiger charge is 2.09. The second kappa shape index (κ2) is 8.16. The molecule has 2 aromatic rings. The molecule has 0 aliphatic heterocycles. The lowest BCUT2D eigenvalue weighted by atomic mass is 10.1. The monoisotopic (exact) mass is 333 g/mol. The number of hydrogen-bond donors (Lipinski definition) is 1. The number of anilines is 1. The molecule has 0 radical (unpaired) electrons. The number of amides is 1. The first kappa shape index (κ1) is 17.5. The van der Waals surface area contributed by atoms with Gasteiger partial charge in [-0.15, -0.1) is 0 Å². The van der Waals surface area contributed by atoms with Gasteiger partial charge in [-0.3, -0.25) is 9.78 Å². The van der Waals surface area contributed by atoms with Crippen LogP contribution < -0.4 is 5.32 Å². The summed E-state index contributed by atoms with van der Waals surface area (Å²) in [6, 6.07) is 8.06. The largest absolute Gasteiger partial charge is 0.382 e. The fraction of sp³-hybridized carbons (Fsp3) is 0.444. The molecule has 0 aliphatic carbocycles. The molecule has 124 valence electrons. The molecule has 1 aromatic carbocycles. The highest BCUT2D eigenvalue weighted by atomic mass is 35.5. The van der Waals surface area contributed by atoms with Crippen LogP contribution in [0.1, 0.15) is 33.6 Å². The average molecular weight is 334 g/mol. The summed E-state index contributed by atoms with van der Waals surface area (Å²) in [5, 5.41) is 5.30. The number of nitrogens with one attached hydrogen (secondary N) is 1. The molecule has 1 aromatic heterocycles. The summed E-state index contributed by atoms with van der Waals surface area (Å²) in [6.07, 6.45) is 3.78. The summed E-state index contributed by atoms with van der Waals surface area (Å²) < 4.78 is 0. The Morgan fingerprint density at radius 3 is 2.87 bits per heavy atom. The second-order valence-electron chi connectivity index (χ2n) is 5.81. The van der Waals surface area contributed by atoms with Gasteiger partial charge >= 0.3 is 0 Å². The van der Waals surface area contributed by atoms with Gasteiger partial charge in [-0.1, -0.05) is 11.6 Å². The predicted molar refractivity (Wildman–Crippen MR) is 97.0 cm³/mol. The number of pyridine rings is 1. The molecule has 5 heteroatoms. The average Bonchev–Trinajstić information content (AvgIpc) is 2.51. The Kier molecular flexibility index (Phi) is 6.22. The lowest BCUT2D eigenvalue weighted by Gasteiger charge is -2.21. The molecule has 2 rings (SSSR count). The Bertz CT molecular complexity index is 674. The Hall–Kier alpha value is -1.81. The molecule has 0 bridgehead atoms. The van der Waals surface area contributed by atoms with Crippen molar-refractivity contribution in [3.05, 3.63) is 35.5 Å². The van der Waals surface area contributed by atoms with Gasteiger partial charge in [-0.25, -0.2) is 0 Å². The standard InChI is InChI=1S/C18H24ClN3O/c1-4-22(14(3)23)11-5-6-13(2)21-17-9-10-20-18-12-15(19)7-8-16(17)18/h7-10,12-13H,4-6,11H2,1-3H3,(H,20,21)/t13-/m1/s1. The van der Waals surface area contributed by atoms with Gasteiger partial charge in [0, 0.05) is 48.3 Å². The molecule has 1 N–H and O–H groups in total. The number of carbonyl (C=O) groups excluding carboxylic acids is 1. The van der Waals surface area contributed by atoms with Gasteiger partial charge in [-0.2, -0.15) is 0 Å². The molecule has 0 unspecified atom stereocenters. The van der Waals surface area contributed by atoms with Crippen molar-refractivity contribution in [3.63, 3.8) is 0 Å². The van der Waals surface area contributed by atoms with E-state index >= 15 is 0 Å². The van der Waals surface area contributed by atoms with Crippen LogP contribution in [0, 0.1) is 0 Å². The molecule has 0 aliphatic rings. The fourth-order valence-corrected chi connectivity index (χ4v) is 2.88. The SMILES string of the molecule is CCN(CCC[C@@H](C)Nc1ccnc2cc(Cl)ccc12)C(C)=O. The lowest BCUT2D eigenvalue weighted by Crippen LogP contribution is -2.30. The molecule has 23 heavy (non-hydrogen) atoms. The van der Waals surface area contributed by atoms with Crippen LogP contribution in [0.5, 0.6) is 0 Å². The van der Waals surface area contributed by atoms with E-state index in [1.54, 1.807) is 13.1 Å². The summed E-state index contributed by atoms with van der Waals surface area (Å²) in [6.45, 7) is 7.38. The Balaban J connectivity index is 1.95. The van der Waals surface area contributed by atoms with Gasteiger partial charge in [0.25, 0.3) is 0 Å². The van der Waals surface area contributed by atoms with Crippen LogP contribution in [-0.4, -0.2) is 34.9 Å². The molecule has 0 fully saturated rings. The third kappa shape index (κ3) is 4.83. The minimum atomic E-state index is 0.144. The third-order valence-electron chi connectivity index (χ3n) is 4.00.